The van der Waals surface area contributed by atoms with Crippen LogP contribution >= 0.6 is 11.8 Å². The number of thioether (sulfide) groups is 1. The summed E-state index contributed by atoms with van der Waals surface area (Å²) in [5.41, 5.74) is 2.42. The standard InChI is InChI=1S/C25H24N4O2S/c1-17(20-10-4-3-5-11-20)27-23(30)18(2)32-25-28-22-13-7-6-12-21(22)24(31)29(25)16-19-9-8-14-26-15-19/h3-15,17-18H,16H2,1-2H3,(H,27,30). The normalized spacial score (nSPS) is 12.9. The van der Waals surface area contributed by atoms with E-state index in [4.69, 9.17) is 4.98 Å². The molecule has 0 aliphatic heterocycles. The Kier molecular flexibility index (Phi) is 6.66. The van der Waals surface area contributed by atoms with Crippen molar-refractivity contribution in [1.29, 1.82) is 0 Å². The molecule has 1 N–H and O–H groups in total. The summed E-state index contributed by atoms with van der Waals surface area (Å²) >= 11 is 1.28. The number of carbonyl (C=O) groups excluding carboxylic acids is 1. The Hall–Kier alpha value is -3.45. The molecule has 0 aliphatic rings. The summed E-state index contributed by atoms with van der Waals surface area (Å²) in [7, 11) is 0. The summed E-state index contributed by atoms with van der Waals surface area (Å²) < 4.78 is 1.62. The monoisotopic (exact) mass is 444 g/mol. The van der Waals surface area contributed by atoms with Crippen molar-refractivity contribution in [2.45, 2.75) is 36.8 Å². The zero-order valence-corrected chi connectivity index (χ0v) is 18.8. The number of aromatic nitrogens is 3. The number of carbonyl (C=O) groups is 1. The zero-order valence-electron chi connectivity index (χ0n) is 17.9. The Bertz CT molecular complexity index is 1280. The second-order valence-electron chi connectivity index (χ2n) is 7.57. The van der Waals surface area contributed by atoms with Crippen molar-refractivity contribution in [3.05, 3.63) is 101 Å². The third-order valence-corrected chi connectivity index (χ3v) is 6.29. The third kappa shape index (κ3) is 4.89. The molecule has 1 amide bonds. The molecule has 0 bridgehead atoms. The van der Waals surface area contributed by atoms with Gasteiger partial charge >= 0.3 is 0 Å². The van der Waals surface area contributed by atoms with Gasteiger partial charge in [-0.25, -0.2) is 4.98 Å². The molecule has 0 aliphatic carbocycles. The number of hydrogen-bond donors (Lipinski definition) is 1. The number of hydrogen-bond acceptors (Lipinski definition) is 5. The first-order valence-electron chi connectivity index (χ1n) is 10.4. The van der Waals surface area contributed by atoms with Gasteiger partial charge < -0.3 is 5.32 Å². The molecule has 2 aromatic heterocycles. The lowest BCUT2D eigenvalue weighted by Crippen LogP contribution is -2.34. The summed E-state index contributed by atoms with van der Waals surface area (Å²) in [6, 6.07) is 20.7. The average molecular weight is 445 g/mol. The maximum atomic E-state index is 13.3. The summed E-state index contributed by atoms with van der Waals surface area (Å²) in [4.78, 5) is 35.0. The molecule has 2 atom stereocenters. The maximum absolute atomic E-state index is 13.3. The fraction of sp³-hybridized carbons (Fsp3) is 0.200. The van der Waals surface area contributed by atoms with Crippen molar-refractivity contribution in [3.63, 3.8) is 0 Å². The Labute approximate surface area is 190 Å². The number of benzene rings is 2. The van der Waals surface area contributed by atoms with Crippen molar-refractivity contribution in [1.82, 2.24) is 19.9 Å². The molecule has 0 saturated carbocycles. The highest BCUT2D eigenvalue weighted by atomic mass is 32.2. The Morgan fingerprint density at radius 3 is 2.53 bits per heavy atom. The summed E-state index contributed by atoms with van der Waals surface area (Å²) in [5.74, 6) is -0.110. The quantitative estimate of drug-likeness (QED) is 0.342. The fourth-order valence-electron chi connectivity index (χ4n) is 3.42. The van der Waals surface area contributed by atoms with Crippen LogP contribution in [0.5, 0.6) is 0 Å². The van der Waals surface area contributed by atoms with Crippen LogP contribution in [-0.4, -0.2) is 25.7 Å². The van der Waals surface area contributed by atoms with Gasteiger partial charge in [-0.1, -0.05) is 60.3 Å². The molecule has 32 heavy (non-hydrogen) atoms. The summed E-state index contributed by atoms with van der Waals surface area (Å²) in [5, 5.41) is 3.67. The summed E-state index contributed by atoms with van der Waals surface area (Å²) in [6.45, 7) is 4.12. The molecule has 0 spiro atoms. The van der Waals surface area contributed by atoms with Gasteiger partial charge in [0.2, 0.25) is 5.91 Å². The van der Waals surface area contributed by atoms with E-state index in [0.717, 1.165) is 11.1 Å². The lowest BCUT2D eigenvalue weighted by Gasteiger charge is -2.19. The van der Waals surface area contributed by atoms with Crippen LogP contribution in [0.1, 0.15) is 31.0 Å². The molecule has 4 rings (SSSR count). The van der Waals surface area contributed by atoms with E-state index in [1.165, 1.54) is 11.8 Å². The molecular weight excluding hydrogens is 420 g/mol. The second-order valence-corrected chi connectivity index (χ2v) is 8.87. The molecule has 2 heterocycles. The van der Waals surface area contributed by atoms with Gasteiger partial charge in [0.05, 0.1) is 28.7 Å². The van der Waals surface area contributed by atoms with E-state index in [9.17, 15) is 9.59 Å². The topological polar surface area (TPSA) is 76.9 Å². The number of amides is 1. The first-order chi connectivity index (χ1) is 15.5. The minimum Gasteiger partial charge on any atom is -0.349 e. The van der Waals surface area contributed by atoms with Gasteiger partial charge in [0.15, 0.2) is 5.16 Å². The van der Waals surface area contributed by atoms with Gasteiger partial charge in [-0.05, 0) is 43.2 Å². The highest BCUT2D eigenvalue weighted by molar-refractivity contribution is 8.00. The summed E-state index contributed by atoms with van der Waals surface area (Å²) in [6.07, 6.45) is 3.43. The van der Waals surface area contributed by atoms with Crippen LogP contribution in [0.4, 0.5) is 0 Å². The highest BCUT2D eigenvalue weighted by Gasteiger charge is 2.21. The predicted molar refractivity (Wildman–Crippen MR) is 128 cm³/mol. The Morgan fingerprint density at radius 1 is 1.03 bits per heavy atom. The maximum Gasteiger partial charge on any atom is 0.262 e. The van der Waals surface area contributed by atoms with E-state index in [1.807, 2.05) is 74.5 Å². The highest BCUT2D eigenvalue weighted by Crippen LogP contribution is 2.24. The first-order valence-corrected chi connectivity index (χ1v) is 11.3. The minimum absolute atomic E-state index is 0.110. The Balaban J connectivity index is 1.61. The molecule has 0 radical (unpaired) electrons. The van der Waals surface area contributed by atoms with Crippen molar-refractivity contribution < 1.29 is 4.79 Å². The van der Waals surface area contributed by atoms with Crippen LogP contribution in [0, 0.1) is 0 Å². The third-order valence-electron chi connectivity index (χ3n) is 5.20. The molecule has 0 saturated heterocycles. The average Bonchev–Trinajstić information content (AvgIpc) is 2.82. The van der Waals surface area contributed by atoms with E-state index in [0.29, 0.717) is 22.6 Å². The molecule has 2 unspecified atom stereocenters. The van der Waals surface area contributed by atoms with E-state index < -0.39 is 5.25 Å². The van der Waals surface area contributed by atoms with Crippen molar-refractivity contribution >= 4 is 28.6 Å². The predicted octanol–water partition coefficient (Wildman–Crippen LogP) is 4.20. The smallest absolute Gasteiger partial charge is 0.262 e. The number of nitrogens with one attached hydrogen (secondary N) is 1. The van der Waals surface area contributed by atoms with Crippen LogP contribution in [0.15, 0.2) is 89.1 Å². The molecule has 4 aromatic rings. The molecular formula is C25H24N4O2S. The van der Waals surface area contributed by atoms with E-state index in [2.05, 4.69) is 10.3 Å². The van der Waals surface area contributed by atoms with Gasteiger partial charge in [0.1, 0.15) is 0 Å². The molecule has 2 aromatic carbocycles. The Morgan fingerprint density at radius 2 is 1.78 bits per heavy atom. The van der Waals surface area contributed by atoms with E-state index in [-0.39, 0.29) is 17.5 Å². The SMILES string of the molecule is CC(Sc1nc2ccccc2c(=O)n1Cc1cccnc1)C(=O)NC(C)c1ccccc1. The largest absolute Gasteiger partial charge is 0.349 e. The molecule has 0 fully saturated rings. The fourth-order valence-corrected chi connectivity index (χ4v) is 4.34. The van der Waals surface area contributed by atoms with Gasteiger partial charge in [-0.15, -0.1) is 0 Å². The zero-order chi connectivity index (χ0) is 22.5. The molecule has 6 nitrogen and oxygen atoms in total. The van der Waals surface area contributed by atoms with Gasteiger partial charge in [-0.2, -0.15) is 0 Å². The first kappa shape index (κ1) is 21.8. The van der Waals surface area contributed by atoms with Crippen molar-refractivity contribution in [3.8, 4) is 0 Å². The van der Waals surface area contributed by atoms with Crippen molar-refractivity contribution in [2.75, 3.05) is 0 Å². The van der Waals surface area contributed by atoms with Gasteiger partial charge in [-0.3, -0.25) is 19.1 Å². The van der Waals surface area contributed by atoms with E-state index >= 15 is 0 Å². The lowest BCUT2D eigenvalue weighted by molar-refractivity contribution is -0.120. The minimum atomic E-state index is -0.436. The molecule has 7 heteroatoms. The van der Waals surface area contributed by atoms with Crippen LogP contribution < -0.4 is 10.9 Å². The lowest BCUT2D eigenvalue weighted by atomic mass is 10.1. The number of rotatable bonds is 7. The van der Waals surface area contributed by atoms with Crippen LogP contribution in [0.2, 0.25) is 0 Å². The second kappa shape index (κ2) is 9.78. The number of para-hydroxylation sites is 1. The van der Waals surface area contributed by atoms with E-state index in [1.54, 1.807) is 23.0 Å². The van der Waals surface area contributed by atoms with Gasteiger partial charge in [0, 0.05) is 12.4 Å². The molecule has 162 valence electrons. The number of fused-ring (bicyclic) bond motifs is 1. The van der Waals surface area contributed by atoms with Crippen LogP contribution in [0.3, 0.4) is 0 Å². The number of pyridine rings is 1. The van der Waals surface area contributed by atoms with Crippen LogP contribution in [0.25, 0.3) is 10.9 Å². The van der Waals surface area contributed by atoms with Crippen molar-refractivity contribution in [2.24, 2.45) is 0 Å². The van der Waals surface area contributed by atoms with Gasteiger partial charge in [0.25, 0.3) is 5.56 Å². The van der Waals surface area contributed by atoms with Crippen LogP contribution in [-0.2, 0) is 11.3 Å². The number of nitrogens with zero attached hydrogens (tertiary/aromatic N) is 3.